The average Bonchev–Trinajstić information content (AvgIpc) is 2.88. The van der Waals surface area contributed by atoms with Crippen LogP contribution in [0, 0.1) is 6.92 Å². The van der Waals surface area contributed by atoms with Gasteiger partial charge < -0.3 is 10.1 Å². The van der Waals surface area contributed by atoms with E-state index in [9.17, 15) is 4.79 Å². The van der Waals surface area contributed by atoms with Crippen LogP contribution in [0.4, 0.5) is 5.69 Å². The summed E-state index contributed by atoms with van der Waals surface area (Å²) < 4.78 is 6.15. The topological polar surface area (TPSA) is 38.3 Å². The van der Waals surface area contributed by atoms with Gasteiger partial charge in [-0.1, -0.05) is 109 Å². The van der Waals surface area contributed by atoms with Gasteiger partial charge in [-0.2, -0.15) is 0 Å². The molecule has 0 radical (unpaired) electrons. The Morgan fingerprint density at radius 1 is 0.722 bits per heavy atom. The molecule has 0 aliphatic carbocycles. The summed E-state index contributed by atoms with van der Waals surface area (Å²) in [4.78, 5) is 14.3. The number of carbonyl (C=O) groups excluding carboxylic acids is 1. The molecule has 0 spiro atoms. The van der Waals surface area contributed by atoms with Crippen LogP contribution >= 0.6 is 7.92 Å². The summed E-state index contributed by atoms with van der Waals surface area (Å²) in [5, 5.41) is 6.14. The Morgan fingerprint density at radius 3 is 1.69 bits per heavy atom. The van der Waals surface area contributed by atoms with Crippen molar-refractivity contribution in [2.75, 3.05) is 11.5 Å². The predicted molar refractivity (Wildman–Crippen MR) is 153 cm³/mol. The second-order valence-corrected chi connectivity index (χ2v) is 12.2. The van der Waals surface area contributed by atoms with Gasteiger partial charge >= 0.3 is 5.97 Å². The minimum absolute atomic E-state index is 0.274. The van der Waals surface area contributed by atoms with Gasteiger partial charge in [0.05, 0.1) is 0 Å². The van der Waals surface area contributed by atoms with Crippen LogP contribution in [0.15, 0.2) is 115 Å². The van der Waals surface area contributed by atoms with Crippen LogP contribution in [-0.4, -0.2) is 17.7 Å². The molecular formula is C32H34NO2P. The zero-order valence-electron chi connectivity index (χ0n) is 21.4. The van der Waals surface area contributed by atoms with Crippen molar-refractivity contribution in [2.45, 2.75) is 38.8 Å². The van der Waals surface area contributed by atoms with Crippen LogP contribution in [-0.2, 0) is 15.1 Å². The van der Waals surface area contributed by atoms with E-state index < -0.39 is 19.1 Å². The third-order valence-corrected chi connectivity index (χ3v) is 8.67. The summed E-state index contributed by atoms with van der Waals surface area (Å²) in [7, 11) is -0.906. The van der Waals surface area contributed by atoms with Crippen LogP contribution in [0.1, 0.15) is 31.9 Å². The van der Waals surface area contributed by atoms with Crippen LogP contribution in [0.3, 0.4) is 0 Å². The lowest BCUT2D eigenvalue weighted by Gasteiger charge is -2.39. The number of aryl methyl sites for hydroxylation is 1. The van der Waals surface area contributed by atoms with E-state index in [0.717, 1.165) is 16.8 Å². The Labute approximate surface area is 216 Å². The Bertz CT molecular complexity index is 1230. The van der Waals surface area contributed by atoms with Gasteiger partial charge in [-0.05, 0) is 63.4 Å². The van der Waals surface area contributed by atoms with E-state index in [2.05, 4.69) is 66.8 Å². The second kappa shape index (κ2) is 11.1. The van der Waals surface area contributed by atoms with E-state index in [4.69, 9.17) is 4.74 Å². The molecular weight excluding hydrogens is 461 g/mol. The Balaban J connectivity index is 1.93. The van der Waals surface area contributed by atoms with Crippen molar-refractivity contribution in [1.29, 1.82) is 0 Å². The van der Waals surface area contributed by atoms with E-state index >= 15 is 0 Å². The minimum Gasteiger partial charge on any atom is -0.458 e. The van der Waals surface area contributed by atoms with E-state index in [1.165, 1.54) is 10.6 Å². The average molecular weight is 496 g/mol. The third-order valence-electron chi connectivity index (χ3n) is 6.04. The summed E-state index contributed by atoms with van der Waals surface area (Å²) in [6.45, 7) is 7.83. The fourth-order valence-corrected chi connectivity index (χ4v) is 6.84. The maximum atomic E-state index is 14.3. The third kappa shape index (κ3) is 6.04. The van der Waals surface area contributed by atoms with Crippen molar-refractivity contribution >= 4 is 30.2 Å². The van der Waals surface area contributed by atoms with Gasteiger partial charge in [-0.25, -0.2) is 4.79 Å². The molecule has 1 atom stereocenters. The normalized spacial score (nSPS) is 13.1. The van der Waals surface area contributed by atoms with Crippen LogP contribution < -0.4 is 15.9 Å². The molecule has 0 heterocycles. The smallest absolute Gasteiger partial charge is 0.337 e. The summed E-state index contributed by atoms with van der Waals surface area (Å²) >= 11 is 0. The molecule has 4 aromatic carbocycles. The molecule has 0 aliphatic rings. The first kappa shape index (κ1) is 25.7. The first-order valence-corrected chi connectivity index (χ1v) is 13.8. The number of para-hydroxylation sites is 1. The van der Waals surface area contributed by atoms with Crippen LogP contribution in [0.2, 0.25) is 0 Å². The van der Waals surface area contributed by atoms with E-state index in [1.54, 1.807) is 0 Å². The molecule has 0 saturated heterocycles. The highest BCUT2D eigenvalue weighted by Gasteiger charge is 2.46. The quantitative estimate of drug-likeness (QED) is 0.216. The number of nitrogens with one attached hydrogen (secondary N) is 1. The van der Waals surface area contributed by atoms with Gasteiger partial charge in [-0.3, -0.25) is 0 Å². The maximum Gasteiger partial charge on any atom is 0.337 e. The number of hydrogen-bond acceptors (Lipinski definition) is 3. The van der Waals surface area contributed by atoms with Crippen molar-refractivity contribution in [2.24, 2.45) is 0 Å². The van der Waals surface area contributed by atoms with Crippen LogP contribution in [0.25, 0.3) is 0 Å². The second-order valence-electron chi connectivity index (χ2n) is 9.97. The highest BCUT2D eigenvalue weighted by molar-refractivity contribution is 7.73. The molecule has 0 bridgehead atoms. The van der Waals surface area contributed by atoms with Gasteiger partial charge in [0.15, 0.2) is 5.54 Å². The summed E-state index contributed by atoms with van der Waals surface area (Å²) in [6.07, 6.45) is 0.545. The summed E-state index contributed by atoms with van der Waals surface area (Å²) in [5.74, 6) is -0.274. The van der Waals surface area contributed by atoms with E-state index in [-0.39, 0.29) is 5.97 Å². The van der Waals surface area contributed by atoms with Crippen molar-refractivity contribution in [1.82, 2.24) is 0 Å². The molecule has 0 aromatic heterocycles. The monoisotopic (exact) mass is 495 g/mol. The minimum atomic E-state index is -1.10. The first-order chi connectivity index (χ1) is 17.3. The Kier molecular flexibility index (Phi) is 7.91. The molecule has 0 aliphatic heterocycles. The SMILES string of the molecule is Cc1ccccc1NC(CP(c1ccccc1)c1ccccc1)(C(=O)OC(C)(C)C)c1ccccc1. The molecule has 184 valence electrons. The first-order valence-electron chi connectivity index (χ1n) is 12.3. The van der Waals surface area contributed by atoms with Gasteiger partial charge in [0, 0.05) is 11.8 Å². The van der Waals surface area contributed by atoms with Crippen LogP contribution in [0.5, 0.6) is 0 Å². The molecule has 0 saturated carbocycles. The summed E-state index contributed by atoms with van der Waals surface area (Å²) in [5.41, 5.74) is 1.15. The molecule has 1 N–H and O–H groups in total. The number of hydrogen-bond donors (Lipinski definition) is 1. The largest absolute Gasteiger partial charge is 0.458 e. The molecule has 3 nitrogen and oxygen atoms in total. The van der Waals surface area contributed by atoms with Crippen molar-refractivity contribution in [3.8, 4) is 0 Å². The van der Waals surface area contributed by atoms with Crippen molar-refractivity contribution in [3.05, 3.63) is 126 Å². The Hall–Kier alpha value is -3.42. The molecule has 0 fully saturated rings. The molecule has 36 heavy (non-hydrogen) atoms. The lowest BCUT2D eigenvalue weighted by atomic mass is 9.90. The van der Waals surface area contributed by atoms with Crippen molar-refractivity contribution < 1.29 is 9.53 Å². The lowest BCUT2D eigenvalue weighted by molar-refractivity contribution is -0.160. The molecule has 4 heteroatoms. The maximum absolute atomic E-state index is 14.3. The van der Waals surface area contributed by atoms with Crippen molar-refractivity contribution in [3.63, 3.8) is 0 Å². The fraction of sp³-hybridized carbons (Fsp3) is 0.219. The standard InChI is InChI=1S/C32H34NO2P/c1-25-16-14-15-23-29(25)33-32(26-17-8-5-9-18-26,30(34)35-31(2,3)4)24-36(27-19-10-6-11-20-27)28-21-12-7-13-22-28/h5-23,33H,24H2,1-4H3. The Morgan fingerprint density at radius 2 is 1.19 bits per heavy atom. The number of anilines is 1. The molecule has 4 aromatic rings. The highest BCUT2D eigenvalue weighted by atomic mass is 31.1. The van der Waals surface area contributed by atoms with Gasteiger partial charge in [0.25, 0.3) is 0 Å². The molecule has 4 rings (SSSR count). The van der Waals surface area contributed by atoms with Gasteiger partial charge in [-0.15, -0.1) is 0 Å². The summed E-state index contributed by atoms with van der Waals surface area (Å²) in [6, 6.07) is 39.1. The number of esters is 1. The molecule has 0 amide bonds. The highest BCUT2D eigenvalue weighted by Crippen LogP contribution is 2.44. The molecule has 1 unspecified atom stereocenters. The number of carbonyl (C=O) groups is 1. The predicted octanol–water partition coefficient (Wildman–Crippen LogP) is 6.78. The van der Waals surface area contributed by atoms with Gasteiger partial charge in [0.2, 0.25) is 0 Å². The number of ether oxygens (including phenoxy) is 1. The van der Waals surface area contributed by atoms with E-state index in [1.807, 2.05) is 81.4 Å². The fourth-order valence-electron chi connectivity index (χ4n) is 4.25. The zero-order valence-corrected chi connectivity index (χ0v) is 22.3. The lowest BCUT2D eigenvalue weighted by Crippen LogP contribution is -2.50. The van der Waals surface area contributed by atoms with Gasteiger partial charge in [0.1, 0.15) is 5.60 Å². The number of benzene rings is 4. The number of rotatable bonds is 8. The zero-order chi connectivity index (χ0) is 25.6. The van der Waals surface area contributed by atoms with E-state index in [0.29, 0.717) is 6.16 Å².